The highest BCUT2D eigenvalue weighted by Crippen LogP contribution is 2.09. The topological polar surface area (TPSA) is 49.4 Å². The van der Waals surface area contributed by atoms with Crippen LogP contribution in [0.5, 0.6) is 0 Å². The number of hydrogen-bond acceptors (Lipinski definition) is 2. The van der Waals surface area contributed by atoms with Gasteiger partial charge in [-0.1, -0.05) is 6.92 Å². The Labute approximate surface area is 112 Å². The molecule has 0 spiro atoms. The van der Waals surface area contributed by atoms with Crippen molar-refractivity contribution in [2.45, 2.75) is 33.2 Å². The summed E-state index contributed by atoms with van der Waals surface area (Å²) < 4.78 is 12.7. The van der Waals surface area contributed by atoms with Crippen molar-refractivity contribution in [3.8, 4) is 0 Å². The standard InChI is InChI=1S/C14H19FN2O2/c1-4-10(2)17(11(3)18)9-14(19)16-13-7-5-12(15)6-8-13/h5-8,10H,4,9H2,1-3H3,(H,16,19). The Morgan fingerprint density at radius 3 is 2.37 bits per heavy atom. The van der Waals surface area contributed by atoms with Gasteiger partial charge in [-0.3, -0.25) is 9.59 Å². The zero-order chi connectivity index (χ0) is 14.4. The number of amides is 2. The number of anilines is 1. The van der Waals surface area contributed by atoms with Crippen LogP contribution in [0.4, 0.5) is 10.1 Å². The molecule has 5 heteroatoms. The minimum absolute atomic E-state index is 0.00170. The number of carbonyl (C=O) groups excluding carboxylic acids is 2. The van der Waals surface area contributed by atoms with Gasteiger partial charge < -0.3 is 10.2 Å². The molecule has 0 saturated heterocycles. The number of rotatable bonds is 5. The summed E-state index contributed by atoms with van der Waals surface area (Å²) >= 11 is 0. The van der Waals surface area contributed by atoms with E-state index in [4.69, 9.17) is 0 Å². The average molecular weight is 266 g/mol. The number of nitrogens with one attached hydrogen (secondary N) is 1. The zero-order valence-corrected chi connectivity index (χ0v) is 11.4. The molecule has 1 aromatic rings. The van der Waals surface area contributed by atoms with Crippen molar-refractivity contribution in [1.29, 1.82) is 0 Å². The molecule has 1 rings (SSSR count). The van der Waals surface area contributed by atoms with Crippen LogP contribution in [0.2, 0.25) is 0 Å². The van der Waals surface area contributed by atoms with E-state index >= 15 is 0 Å². The van der Waals surface area contributed by atoms with E-state index in [1.807, 2.05) is 13.8 Å². The molecule has 0 aromatic heterocycles. The van der Waals surface area contributed by atoms with Crippen LogP contribution >= 0.6 is 0 Å². The van der Waals surface area contributed by atoms with Gasteiger partial charge in [-0.05, 0) is 37.6 Å². The molecule has 1 aromatic carbocycles. The van der Waals surface area contributed by atoms with Gasteiger partial charge in [0.15, 0.2) is 0 Å². The normalized spacial score (nSPS) is 11.8. The van der Waals surface area contributed by atoms with E-state index in [9.17, 15) is 14.0 Å². The molecule has 0 aliphatic rings. The van der Waals surface area contributed by atoms with Crippen LogP contribution in [-0.2, 0) is 9.59 Å². The average Bonchev–Trinajstić information content (AvgIpc) is 2.37. The second kappa shape index (κ2) is 6.87. The summed E-state index contributed by atoms with van der Waals surface area (Å²) in [6.07, 6.45) is 0.781. The van der Waals surface area contributed by atoms with Crippen molar-refractivity contribution in [3.63, 3.8) is 0 Å². The number of halogens is 1. The van der Waals surface area contributed by atoms with Gasteiger partial charge in [0.25, 0.3) is 0 Å². The maximum Gasteiger partial charge on any atom is 0.244 e. The molecule has 1 N–H and O–H groups in total. The Bertz CT molecular complexity index is 445. The van der Waals surface area contributed by atoms with Gasteiger partial charge >= 0.3 is 0 Å². The van der Waals surface area contributed by atoms with Crippen LogP contribution in [0.3, 0.4) is 0 Å². The fourth-order valence-electron chi connectivity index (χ4n) is 1.69. The van der Waals surface area contributed by atoms with E-state index in [2.05, 4.69) is 5.32 Å². The lowest BCUT2D eigenvalue weighted by atomic mass is 10.2. The van der Waals surface area contributed by atoms with E-state index in [0.717, 1.165) is 6.42 Å². The number of carbonyl (C=O) groups is 2. The van der Waals surface area contributed by atoms with Crippen molar-refractivity contribution in [2.24, 2.45) is 0 Å². The van der Waals surface area contributed by atoms with Crippen LogP contribution in [0, 0.1) is 5.82 Å². The Morgan fingerprint density at radius 2 is 1.89 bits per heavy atom. The highest BCUT2D eigenvalue weighted by atomic mass is 19.1. The Hall–Kier alpha value is -1.91. The zero-order valence-electron chi connectivity index (χ0n) is 11.4. The Morgan fingerprint density at radius 1 is 1.32 bits per heavy atom. The third-order valence-corrected chi connectivity index (χ3v) is 2.97. The largest absolute Gasteiger partial charge is 0.331 e. The van der Waals surface area contributed by atoms with Crippen LogP contribution in [0.1, 0.15) is 27.2 Å². The third kappa shape index (κ3) is 4.69. The molecular weight excluding hydrogens is 247 g/mol. The fraction of sp³-hybridized carbons (Fsp3) is 0.429. The number of nitrogens with zero attached hydrogens (tertiary/aromatic N) is 1. The van der Waals surface area contributed by atoms with Gasteiger partial charge in [0, 0.05) is 18.7 Å². The summed E-state index contributed by atoms with van der Waals surface area (Å²) in [5, 5.41) is 2.63. The van der Waals surface area contributed by atoms with Crippen LogP contribution in [0.25, 0.3) is 0 Å². The van der Waals surface area contributed by atoms with Gasteiger partial charge in [-0.15, -0.1) is 0 Å². The molecular formula is C14H19FN2O2. The van der Waals surface area contributed by atoms with E-state index < -0.39 is 0 Å². The highest BCUT2D eigenvalue weighted by molar-refractivity contribution is 5.94. The molecule has 0 bridgehead atoms. The molecule has 2 amide bonds. The first-order chi connectivity index (χ1) is 8.93. The van der Waals surface area contributed by atoms with Gasteiger partial charge in [0.1, 0.15) is 12.4 Å². The summed E-state index contributed by atoms with van der Waals surface area (Å²) in [5.74, 6) is -0.784. The first kappa shape index (κ1) is 15.1. The maximum absolute atomic E-state index is 12.7. The van der Waals surface area contributed by atoms with Crippen LogP contribution in [0.15, 0.2) is 24.3 Å². The smallest absolute Gasteiger partial charge is 0.244 e. The monoisotopic (exact) mass is 266 g/mol. The quantitative estimate of drug-likeness (QED) is 0.889. The predicted molar refractivity (Wildman–Crippen MR) is 72.2 cm³/mol. The van der Waals surface area contributed by atoms with E-state index in [0.29, 0.717) is 5.69 Å². The SMILES string of the molecule is CCC(C)N(CC(=O)Nc1ccc(F)cc1)C(C)=O. The van der Waals surface area contributed by atoms with Crippen LogP contribution < -0.4 is 5.32 Å². The number of hydrogen-bond donors (Lipinski definition) is 1. The lowest BCUT2D eigenvalue weighted by Gasteiger charge is -2.26. The van der Waals surface area contributed by atoms with E-state index in [1.165, 1.54) is 36.1 Å². The van der Waals surface area contributed by atoms with Crippen molar-refractivity contribution in [2.75, 3.05) is 11.9 Å². The summed E-state index contributed by atoms with van der Waals surface area (Å²) in [7, 11) is 0. The minimum Gasteiger partial charge on any atom is -0.331 e. The molecule has 0 radical (unpaired) electrons. The van der Waals surface area contributed by atoms with Crippen molar-refractivity contribution in [3.05, 3.63) is 30.1 Å². The molecule has 19 heavy (non-hydrogen) atoms. The third-order valence-electron chi connectivity index (χ3n) is 2.97. The molecule has 1 unspecified atom stereocenters. The Balaban J connectivity index is 2.62. The molecule has 0 aliphatic carbocycles. The first-order valence-corrected chi connectivity index (χ1v) is 6.26. The second-order valence-corrected chi connectivity index (χ2v) is 4.46. The Kier molecular flexibility index (Phi) is 5.48. The summed E-state index contributed by atoms with van der Waals surface area (Å²) in [6.45, 7) is 5.30. The summed E-state index contributed by atoms with van der Waals surface area (Å²) in [6, 6.07) is 5.51. The first-order valence-electron chi connectivity index (χ1n) is 6.26. The van der Waals surface area contributed by atoms with E-state index in [-0.39, 0.29) is 30.2 Å². The van der Waals surface area contributed by atoms with Crippen molar-refractivity contribution >= 4 is 17.5 Å². The highest BCUT2D eigenvalue weighted by Gasteiger charge is 2.18. The lowest BCUT2D eigenvalue weighted by molar-refractivity contribution is -0.134. The summed E-state index contributed by atoms with van der Waals surface area (Å²) in [4.78, 5) is 24.8. The summed E-state index contributed by atoms with van der Waals surface area (Å²) in [5.41, 5.74) is 0.513. The molecule has 0 heterocycles. The van der Waals surface area contributed by atoms with Gasteiger partial charge in [-0.25, -0.2) is 4.39 Å². The van der Waals surface area contributed by atoms with Gasteiger partial charge in [-0.2, -0.15) is 0 Å². The van der Waals surface area contributed by atoms with Crippen molar-refractivity contribution in [1.82, 2.24) is 4.90 Å². The lowest BCUT2D eigenvalue weighted by Crippen LogP contribution is -2.42. The fourth-order valence-corrected chi connectivity index (χ4v) is 1.69. The molecule has 0 saturated carbocycles. The van der Waals surface area contributed by atoms with Gasteiger partial charge in [0.2, 0.25) is 11.8 Å². The van der Waals surface area contributed by atoms with Crippen molar-refractivity contribution < 1.29 is 14.0 Å². The molecule has 4 nitrogen and oxygen atoms in total. The number of benzene rings is 1. The predicted octanol–water partition coefficient (Wildman–Crippen LogP) is 2.41. The second-order valence-electron chi connectivity index (χ2n) is 4.46. The van der Waals surface area contributed by atoms with E-state index in [1.54, 1.807) is 0 Å². The molecule has 104 valence electrons. The van der Waals surface area contributed by atoms with Crippen LogP contribution in [-0.4, -0.2) is 29.3 Å². The minimum atomic E-state index is -0.358. The molecule has 0 aliphatic heterocycles. The maximum atomic E-state index is 12.7. The molecule has 1 atom stereocenters. The van der Waals surface area contributed by atoms with Gasteiger partial charge in [0.05, 0.1) is 0 Å². The molecule has 0 fully saturated rings.